The summed E-state index contributed by atoms with van der Waals surface area (Å²) in [5, 5.41) is 0. The van der Waals surface area contributed by atoms with Crippen LogP contribution in [0.25, 0.3) is 90.9 Å². The first-order chi connectivity index (χ1) is 34.2. The minimum Gasteiger partial charge on any atom is -1.00 e. The molecule has 9 rings (SSSR count). The second kappa shape index (κ2) is 21.0. The fourth-order valence-corrected chi connectivity index (χ4v) is 8.97. The number of halogens is 7. The number of fused-ring (bicyclic) bond motifs is 8. The van der Waals surface area contributed by atoms with Crippen molar-refractivity contribution in [2.75, 3.05) is 68.6 Å². The fourth-order valence-electron chi connectivity index (χ4n) is 8.97. The molecule has 0 saturated carbocycles. The molecule has 5 heterocycles. The average Bonchev–Trinajstić information content (AvgIpc) is 4.18. The monoisotopic (exact) mass is 1110 g/mol. The van der Waals surface area contributed by atoms with Crippen LogP contribution in [0.1, 0.15) is 46.7 Å². The van der Waals surface area contributed by atoms with Gasteiger partial charge in [-0.05, 0) is 119 Å². The molecule has 0 amide bonds. The van der Waals surface area contributed by atoms with Gasteiger partial charge in [0.25, 0.3) is 0 Å². The van der Waals surface area contributed by atoms with Crippen LogP contribution in [0, 0.1) is 0 Å². The van der Waals surface area contributed by atoms with E-state index in [4.69, 9.17) is 19.4 Å². The van der Waals surface area contributed by atoms with E-state index in [1.54, 1.807) is 0 Å². The lowest BCUT2D eigenvalue weighted by atomic mass is 10.0. The summed E-state index contributed by atoms with van der Waals surface area (Å²) in [6, 6.07) is 33.1. The van der Waals surface area contributed by atoms with Gasteiger partial charge >= 0.3 is 12.4 Å². The van der Waals surface area contributed by atoms with Gasteiger partial charge in [0.2, 0.25) is 0 Å². The summed E-state index contributed by atoms with van der Waals surface area (Å²) in [7, 11) is 12.8. The predicted molar refractivity (Wildman–Crippen MR) is 277 cm³/mol. The molecular weight excluding hydrogens is 1050 g/mol. The van der Waals surface area contributed by atoms with Crippen LogP contribution in [0.5, 0.6) is 11.5 Å². The third-order valence-electron chi connectivity index (χ3n) is 12.5. The lowest BCUT2D eigenvalue weighted by molar-refractivity contribution is -0.870. The van der Waals surface area contributed by atoms with E-state index in [0.717, 1.165) is 75.9 Å². The summed E-state index contributed by atoms with van der Waals surface area (Å²) in [5.41, 5.74) is 8.23. The van der Waals surface area contributed by atoms with Crippen molar-refractivity contribution in [2.45, 2.75) is 25.2 Å². The summed E-state index contributed by atoms with van der Waals surface area (Å²) in [6.45, 7) is 2.97. The van der Waals surface area contributed by atoms with Gasteiger partial charge in [0.15, 0.2) is 0 Å². The van der Waals surface area contributed by atoms with Crippen LogP contribution in [0.15, 0.2) is 121 Å². The highest BCUT2D eigenvalue weighted by molar-refractivity contribution is 6.00. The van der Waals surface area contributed by atoms with E-state index in [-0.39, 0.29) is 24.0 Å². The second-order valence-corrected chi connectivity index (χ2v) is 20.1. The number of nitrogens with zero attached hydrogens (tertiary/aromatic N) is 4. The molecular formula is C58H56F6IN6O2+. The van der Waals surface area contributed by atoms with Crippen molar-refractivity contribution >= 4 is 46.4 Å². The van der Waals surface area contributed by atoms with E-state index in [0.29, 0.717) is 97.4 Å². The lowest BCUT2D eigenvalue weighted by Crippen LogP contribution is -3.00. The summed E-state index contributed by atoms with van der Waals surface area (Å²) >= 11 is 0. The van der Waals surface area contributed by atoms with Gasteiger partial charge in [-0.3, -0.25) is 0 Å². The summed E-state index contributed by atoms with van der Waals surface area (Å²) < 4.78 is 97.6. The third kappa shape index (κ3) is 12.4. The molecule has 3 aromatic heterocycles. The number of H-pyrrole nitrogens is 2. The van der Waals surface area contributed by atoms with E-state index < -0.39 is 23.5 Å². The molecule has 0 spiro atoms. The highest BCUT2D eigenvalue weighted by Crippen LogP contribution is 2.41. The van der Waals surface area contributed by atoms with E-state index >= 15 is 0 Å². The Bertz CT molecular complexity index is 3170. The molecule has 0 fully saturated rings. The lowest BCUT2D eigenvalue weighted by Gasteiger charge is -2.23. The van der Waals surface area contributed by atoms with Gasteiger partial charge in [-0.2, -0.15) is 26.3 Å². The molecule has 0 atom stereocenters. The molecule has 4 aromatic carbocycles. The maximum Gasteiger partial charge on any atom is 0.416 e. The Labute approximate surface area is 437 Å². The molecule has 0 unspecified atom stereocenters. The van der Waals surface area contributed by atoms with Gasteiger partial charge in [0, 0.05) is 57.2 Å². The number of quaternary nitrogens is 2. The van der Waals surface area contributed by atoms with Gasteiger partial charge in [0.1, 0.15) is 11.5 Å². The van der Waals surface area contributed by atoms with Crippen LogP contribution in [-0.4, -0.2) is 97.5 Å². The number of aromatic amines is 2. The fraction of sp³-hybridized carbons (Fsp3) is 0.241. The SMILES string of the molecule is C[N+](C)(C)CCCOc1ccc(-c2c3nc(c(-c4ccc(C(F)(F)F)cc4)c4ccc([nH]4)c(-c4ccc(OCCC[N+](C)(C)C)cc4)c4ccc([nH]4)c(-c4ccc(C(F)(F)F)cc4)c4nc2C=C4)C=C3)cc1.[I-]. The maximum absolute atomic E-state index is 13.9. The Kier molecular flexibility index (Phi) is 15.2. The molecule has 73 heavy (non-hydrogen) atoms. The molecule has 8 nitrogen and oxygen atoms in total. The van der Waals surface area contributed by atoms with E-state index in [2.05, 4.69) is 52.3 Å². The van der Waals surface area contributed by atoms with Gasteiger partial charge in [0.05, 0.1) is 102 Å². The molecule has 2 aliphatic rings. The Hall–Kier alpha value is -6.69. The summed E-state index contributed by atoms with van der Waals surface area (Å²) in [4.78, 5) is 17.7. The van der Waals surface area contributed by atoms with Gasteiger partial charge < -0.3 is 52.4 Å². The normalized spacial score (nSPS) is 12.8. The zero-order valence-electron chi connectivity index (χ0n) is 41.4. The van der Waals surface area contributed by atoms with Crippen LogP contribution in [0.2, 0.25) is 0 Å². The molecule has 0 radical (unpaired) electrons. The highest BCUT2D eigenvalue weighted by Gasteiger charge is 2.31. The molecule has 0 aliphatic carbocycles. The largest absolute Gasteiger partial charge is 1.00 e. The van der Waals surface area contributed by atoms with Crippen molar-refractivity contribution < 1.29 is 68.8 Å². The molecule has 2 aliphatic heterocycles. The number of benzene rings is 4. The Balaban J connectivity index is 0.00000711. The Morgan fingerprint density at radius 1 is 0.397 bits per heavy atom. The minimum absolute atomic E-state index is 0. The molecule has 0 saturated heterocycles. The number of aromatic nitrogens is 4. The van der Waals surface area contributed by atoms with Crippen LogP contribution >= 0.6 is 0 Å². The van der Waals surface area contributed by atoms with Crippen molar-refractivity contribution in [1.82, 2.24) is 19.9 Å². The minimum atomic E-state index is -4.54. The first kappa shape index (κ1) is 52.6. The highest BCUT2D eigenvalue weighted by atomic mass is 127. The Morgan fingerprint density at radius 3 is 1.01 bits per heavy atom. The number of nitrogens with one attached hydrogen (secondary N) is 2. The number of hydrogen-bond donors (Lipinski definition) is 2. The molecule has 2 N–H and O–H groups in total. The van der Waals surface area contributed by atoms with Gasteiger partial charge in [-0.15, -0.1) is 0 Å². The Morgan fingerprint density at radius 2 is 0.685 bits per heavy atom. The van der Waals surface area contributed by atoms with Crippen LogP contribution in [0.4, 0.5) is 26.3 Å². The van der Waals surface area contributed by atoms with Crippen molar-refractivity contribution in [3.8, 4) is 56.0 Å². The van der Waals surface area contributed by atoms with Crippen molar-refractivity contribution in [2.24, 2.45) is 0 Å². The number of alkyl halides is 6. The second-order valence-electron chi connectivity index (χ2n) is 20.1. The van der Waals surface area contributed by atoms with Crippen molar-refractivity contribution in [1.29, 1.82) is 0 Å². The smallest absolute Gasteiger partial charge is 0.416 e. The summed E-state index contributed by atoms with van der Waals surface area (Å²) in [5.74, 6) is 1.39. The number of hydrogen-bond acceptors (Lipinski definition) is 4. The molecule has 7 aromatic rings. The quantitative estimate of drug-likeness (QED) is 0.0492. The van der Waals surface area contributed by atoms with Crippen molar-refractivity contribution in [3.63, 3.8) is 0 Å². The zero-order valence-corrected chi connectivity index (χ0v) is 43.5. The van der Waals surface area contributed by atoms with E-state index in [9.17, 15) is 26.3 Å². The van der Waals surface area contributed by atoms with Gasteiger partial charge in [-0.25, -0.2) is 9.97 Å². The maximum atomic E-state index is 13.9. The molecule has 15 heteroatoms. The van der Waals surface area contributed by atoms with E-state index in [1.807, 2.05) is 97.1 Å². The molecule has 378 valence electrons. The zero-order chi connectivity index (χ0) is 51.0. The average molecular weight is 1110 g/mol. The first-order valence-corrected chi connectivity index (χ1v) is 23.8. The number of ether oxygens (including phenoxy) is 2. The van der Waals surface area contributed by atoms with Gasteiger partial charge in [-0.1, -0.05) is 48.5 Å². The van der Waals surface area contributed by atoms with Crippen LogP contribution in [0.3, 0.4) is 0 Å². The predicted octanol–water partition coefficient (Wildman–Crippen LogP) is 11.3. The standard InChI is InChI=1S/C58H56F6N6O2.HI/c1-69(2,3)33-7-35-71-43-21-13-39(14-22-43)55-49-29-25-45(65-49)53(37-9-17-41(18-10-37)57(59,60)61)47-27-31-51(67-47)56(40-15-23-44(24-16-40)72-36-8-34-70(4,5)6)52-32-28-48(68-52)54(46-26-30-50(55)66-46)38-11-19-42(20-12-38)58(62,63)64;/h9-32,65-66H,7-8,33-36H2,1-6H3;1H/q+2;/p-1. The van der Waals surface area contributed by atoms with Crippen LogP contribution in [-0.2, 0) is 12.4 Å². The van der Waals surface area contributed by atoms with Crippen molar-refractivity contribution in [3.05, 3.63) is 155 Å². The van der Waals surface area contributed by atoms with Crippen LogP contribution < -0.4 is 33.5 Å². The first-order valence-electron chi connectivity index (χ1n) is 23.8. The number of rotatable bonds is 14. The summed E-state index contributed by atoms with van der Waals surface area (Å²) in [6.07, 6.45) is 0.0718. The topological polar surface area (TPSA) is 75.8 Å². The third-order valence-corrected chi connectivity index (χ3v) is 12.5. The van der Waals surface area contributed by atoms with E-state index in [1.165, 1.54) is 24.3 Å². The molecule has 8 bridgehead atoms.